The Morgan fingerprint density at radius 3 is 2.74 bits per heavy atom. The summed E-state index contributed by atoms with van der Waals surface area (Å²) in [6, 6.07) is 8.76. The predicted molar refractivity (Wildman–Crippen MR) is 83.8 cm³/mol. The van der Waals surface area contributed by atoms with Gasteiger partial charge in [-0.1, -0.05) is 56.1 Å². The lowest BCUT2D eigenvalue weighted by molar-refractivity contribution is 0.439. The van der Waals surface area contributed by atoms with Crippen LogP contribution in [0.25, 0.3) is 0 Å². The van der Waals surface area contributed by atoms with E-state index in [0.717, 1.165) is 6.42 Å². The summed E-state index contributed by atoms with van der Waals surface area (Å²) < 4.78 is 0. The van der Waals surface area contributed by atoms with Crippen LogP contribution in [-0.2, 0) is 0 Å². The molecule has 1 aromatic carbocycles. The van der Waals surface area contributed by atoms with Gasteiger partial charge in [0.15, 0.2) is 0 Å². The molecule has 0 aromatic heterocycles. The highest BCUT2D eigenvalue weighted by Crippen LogP contribution is 2.35. The van der Waals surface area contributed by atoms with Gasteiger partial charge >= 0.3 is 0 Å². The fraction of sp³-hybridized carbons (Fsp3) is 0.471. The molecule has 0 radical (unpaired) electrons. The Morgan fingerprint density at radius 1 is 1.16 bits per heavy atom. The first-order valence-electron chi connectivity index (χ1n) is 7.42. The molecule has 1 heterocycles. The molecular formula is C17H21NS. The van der Waals surface area contributed by atoms with E-state index in [1.54, 1.807) is 0 Å². The van der Waals surface area contributed by atoms with E-state index in [1.165, 1.54) is 54.0 Å². The Labute approximate surface area is 120 Å². The number of fused-ring (bicyclic) bond motifs is 1. The molecule has 1 aromatic rings. The molecule has 0 unspecified atom stereocenters. The molecule has 1 saturated carbocycles. The minimum absolute atomic E-state index is 0.670. The van der Waals surface area contributed by atoms with Crippen molar-refractivity contribution < 1.29 is 0 Å². The van der Waals surface area contributed by atoms with E-state index in [2.05, 4.69) is 36.6 Å². The van der Waals surface area contributed by atoms with E-state index in [9.17, 15) is 0 Å². The Balaban J connectivity index is 2.02. The van der Waals surface area contributed by atoms with Crippen LogP contribution < -0.4 is 0 Å². The van der Waals surface area contributed by atoms with Crippen molar-refractivity contribution in [1.29, 1.82) is 0 Å². The van der Waals surface area contributed by atoms with Crippen LogP contribution in [0.4, 0.5) is 0 Å². The highest BCUT2D eigenvalue weighted by molar-refractivity contribution is 8.02. The molecule has 2 heteroatoms. The lowest BCUT2D eigenvalue weighted by Crippen LogP contribution is -2.19. The van der Waals surface area contributed by atoms with E-state index in [-0.39, 0.29) is 0 Å². The van der Waals surface area contributed by atoms with Crippen LogP contribution in [0.5, 0.6) is 0 Å². The van der Waals surface area contributed by atoms with Crippen molar-refractivity contribution in [3.8, 4) is 0 Å². The molecule has 0 saturated heterocycles. The van der Waals surface area contributed by atoms with E-state index in [0.29, 0.717) is 5.92 Å². The van der Waals surface area contributed by atoms with Gasteiger partial charge in [-0.25, -0.2) is 0 Å². The van der Waals surface area contributed by atoms with Gasteiger partial charge in [0.1, 0.15) is 0 Å². The normalized spacial score (nSPS) is 20.3. The molecule has 1 aliphatic heterocycles. The monoisotopic (exact) mass is 271 g/mol. The SMILES string of the molecule is CCC1=CSc2ccccc2C(C2CCCCC2)=N1. The number of aliphatic imine (C=N–C) groups is 1. The zero-order valence-corrected chi connectivity index (χ0v) is 12.4. The molecule has 1 nitrogen and oxygen atoms in total. The highest BCUT2D eigenvalue weighted by Gasteiger charge is 2.23. The molecule has 0 amide bonds. The summed E-state index contributed by atoms with van der Waals surface area (Å²) in [5.41, 5.74) is 3.97. The molecule has 1 aliphatic carbocycles. The summed E-state index contributed by atoms with van der Waals surface area (Å²) in [5.74, 6) is 0.670. The minimum atomic E-state index is 0.670. The average molecular weight is 271 g/mol. The van der Waals surface area contributed by atoms with Crippen molar-refractivity contribution in [1.82, 2.24) is 0 Å². The number of benzene rings is 1. The minimum Gasteiger partial charge on any atom is -0.256 e. The van der Waals surface area contributed by atoms with Crippen LogP contribution in [0.1, 0.15) is 51.0 Å². The van der Waals surface area contributed by atoms with Crippen molar-refractivity contribution in [2.45, 2.75) is 50.3 Å². The van der Waals surface area contributed by atoms with Crippen LogP contribution >= 0.6 is 11.8 Å². The highest BCUT2D eigenvalue weighted by atomic mass is 32.2. The zero-order chi connectivity index (χ0) is 13.1. The Bertz CT molecular complexity index is 510. The van der Waals surface area contributed by atoms with Gasteiger partial charge in [-0.2, -0.15) is 0 Å². The summed E-state index contributed by atoms with van der Waals surface area (Å²) in [6.45, 7) is 2.20. The molecule has 3 rings (SSSR count). The van der Waals surface area contributed by atoms with Crippen molar-refractivity contribution in [2.75, 3.05) is 0 Å². The van der Waals surface area contributed by atoms with Crippen LogP contribution in [0.3, 0.4) is 0 Å². The number of hydrogen-bond acceptors (Lipinski definition) is 2. The fourth-order valence-electron chi connectivity index (χ4n) is 3.00. The molecule has 0 atom stereocenters. The van der Waals surface area contributed by atoms with Gasteiger partial charge in [0, 0.05) is 22.1 Å². The summed E-state index contributed by atoms with van der Waals surface area (Å²) >= 11 is 1.83. The van der Waals surface area contributed by atoms with Crippen LogP contribution in [0.2, 0.25) is 0 Å². The van der Waals surface area contributed by atoms with Gasteiger partial charge < -0.3 is 0 Å². The van der Waals surface area contributed by atoms with E-state index in [4.69, 9.17) is 4.99 Å². The lowest BCUT2D eigenvalue weighted by atomic mass is 9.83. The van der Waals surface area contributed by atoms with Gasteiger partial charge in [0.25, 0.3) is 0 Å². The maximum atomic E-state index is 5.02. The van der Waals surface area contributed by atoms with Gasteiger partial charge in [0.2, 0.25) is 0 Å². The number of nitrogens with zero attached hydrogens (tertiary/aromatic N) is 1. The van der Waals surface area contributed by atoms with Gasteiger partial charge in [0.05, 0.1) is 5.71 Å². The maximum Gasteiger partial charge on any atom is 0.0521 e. The first-order chi connectivity index (χ1) is 9.38. The van der Waals surface area contributed by atoms with Gasteiger partial charge in [-0.15, -0.1) is 0 Å². The molecule has 0 spiro atoms. The lowest BCUT2D eigenvalue weighted by Gasteiger charge is -2.24. The van der Waals surface area contributed by atoms with Gasteiger partial charge in [-0.05, 0) is 30.7 Å². The summed E-state index contributed by atoms with van der Waals surface area (Å²) in [4.78, 5) is 6.39. The standard InChI is InChI=1S/C17H21NS/c1-2-14-12-19-16-11-7-6-10-15(16)17(18-14)13-8-4-3-5-9-13/h6-7,10-13H,2-5,8-9H2,1H3. The number of rotatable bonds is 2. The molecular weight excluding hydrogens is 250 g/mol. The summed E-state index contributed by atoms with van der Waals surface area (Å²) in [5, 5.41) is 2.23. The largest absolute Gasteiger partial charge is 0.256 e. The molecule has 0 bridgehead atoms. The van der Waals surface area contributed by atoms with E-state index < -0.39 is 0 Å². The zero-order valence-electron chi connectivity index (χ0n) is 11.6. The summed E-state index contributed by atoms with van der Waals surface area (Å²) in [7, 11) is 0. The third kappa shape index (κ3) is 2.79. The first-order valence-corrected chi connectivity index (χ1v) is 8.30. The fourth-order valence-corrected chi connectivity index (χ4v) is 3.94. The van der Waals surface area contributed by atoms with Crippen molar-refractivity contribution in [3.05, 3.63) is 40.9 Å². The predicted octanol–water partition coefficient (Wildman–Crippen LogP) is 5.41. The second-order valence-electron chi connectivity index (χ2n) is 5.41. The molecule has 100 valence electrons. The Hall–Kier alpha value is -1.02. The third-order valence-electron chi connectivity index (χ3n) is 4.10. The third-order valence-corrected chi connectivity index (χ3v) is 5.10. The van der Waals surface area contributed by atoms with E-state index in [1.807, 2.05) is 11.8 Å². The average Bonchev–Trinajstić information content (AvgIpc) is 2.68. The smallest absolute Gasteiger partial charge is 0.0521 e. The summed E-state index contributed by atoms with van der Waals surface area (Å²) in [6.07, 6.45) is 7.78. The van der Waals surface area contributed by atoms with Crippen LogP contribution in [0, 0.1) is 5.92 Å². The second-order valence-corrected chi connectivity index (χ2v) is 6.32. The van der Waals surface area contributed by atoms with Crippen molar-refractivity contribution in [3.63, 3.8) is 0 Å². The molecule has 0 N–H and O–H groups in total. The van der Waals surface area contributed by atoms with Gasteiger partial charge in [-0.3, -0.25) is 4.99 Å². The van der Waals surface area contributed by atoms with Crippen LogP contribution in [-0.4, -0.2) is 5.71 Å². The topological polar surface area (TPSA) is 12.4 Å². The number of thioether (sulfide) groups is 1. The maximum absolute atomic E-state index is 5.02. The Kier molecular flexibility index (Phi) is 4.07. The van der Waals surface area contributed by atoms with Crippen molar-refractivity contribution in [2.24, 2.45) is 10.9 Å². The molecule has 1 fully saturated rings. The second kappa shape index (κ2) is 5.96. The molecule has 2 aliphatic rings. The van der Waals surface area contributed by atoms with Crippen LogP contribution in [0.15, 0.2) is 45.3 Å². The molecule has 19 heavy (non-hydrogen) atoms. The van der Waals surface area contributed by atoms with Crippen molar-refractivity contribution >= 4 is 17.5 Å². The number of hydrogen-bond donors (Lipinski definition) is 0. The first kappa shape index (κ1) is 13.0. The Morgan fingerprint density at radius 2 is 1.95 bits per heavy atom. The quantitative estimate of drug-likeness (QED) is 0.700. The van der Waals surface area contributed by atoms with E-state index >= 15 is 0 Å². The number of allylic oxidation sites excluding steroid dienone is 1.